The van der Waals surface area contributed by atoms with Gasteiger partial charge in [0.15, 0.2) is 0 Å². The topological polar surface area (TPSA) is 96.5 Å². The van der Waals surface area contributed by atoms with Gasteiger partial charge in [-0.25, -0.2) is 0 Å². The van der Waals surface area contributed by atoms with Crippen molar-refractivity contribution in [1.29, 1.82) is 0 Å². The Bertz CT molecular complexity index is 404. The number of aryl methyl sites for hydroxylation is 1. The number of primary amides is 1. The fourth-order valence-corrected chi connectivity index (χ4v) is 1.50. The Balaban J connectivity index is 2.71. The van der Waals surface area contributed by atoms with Crippen LogP contribution in [-0.2, 0) is 16.1 Å². The zero-order valence-corrected chi connectivity index (χ0v) is 9.59. The van der Waals surface area contributed by atoms with Crippen LogP contribution in [0.4, 0.5) is 0 Å². The summed E-state index contributed by atoms with van der Waals surface area (Å²) in [7, 11) is 0. The molecule has 0 aliphatic heterocycles. The Morgan fingerprint density at radius 3 is 2.65 bits per heavy atom. The molecule has 0 radical (unpaired) electrons. The van der Waals surface area contributed by atoms with E-state index in [2.05, 4.69) is 4.98 Å². The maximum atomic E-state index is 10.8. The second kappa shape index (κ2) is 5.95. The van der Waals surface area contributed by atoms with Crippen molar-refractivity contribution in [3.8, 4) is 0 Å². The van der Waals surface area contributed by atoms with Crippen LogP contribution < -0.4 is 5.73 Å². The number of amides is 1. The average molecular weight is 237 g/mol. The Kier molecular flexibility index (Phi) is 4.59. The first kappa shape index (κ1) is 13.1. The van der Waals surface area contributed by atoms with Crippen LogP contribution in [0.2, 0.25) is 0 Å². The van der Waals surface area contributed by atoms with Crippen molar-refractivity contribution in [2.45, 2.75) is 13.5 Å². The number of carbonyl (C=O) groups excluding carboxylic acids is 1. The predicted octanol–water partition coefficient (Wildman–Crippen LogP) is -0.238. The van der Waals surface area contributed by atoms with Crippen LogP contribution in [0.15, 0.2) is 18.2 Å². The Labute approximate surface area is 99.1 Å². The molecule has 0 unspecified atom stereocenters. The number of nitrogens with two attached hydrogens (primary N) is 1. The summed E-state index contributed by atoms with van der Waals surface area (Å²) in [5.41, 5.74) is 6.62. The van der Waals surface area contributed by atoms with E-state index in [0.717, 1.165) is 5.69 Å². The van der Waals surface area contributed by atoms with Gasteiger partial charge in [0.1, 0.15) is 0 Å². The number of aliphatic carboxylic acids is 1. The van der Waals surface area contributed by atoms with E-state index in [4.69, 9.17) is 10.8 Å². The lowest BCUT2D eigenvalue weighted by molar-refractivity contribution is -0.138. The number of carboxylic acid groups (broad SMARTS) is 1. The monoisotopic (exact) mass is 237 g/mol. The van der Waals surface area contributed by atoms with Crippen LogP contribution in [-0.4, -0.2) is 40.0 Å². The SMILES string of the molecule is Cc1cccc(CN(CC(N)=O)CC(=O)O)n1. The van der Waals surface area contributed by atoms with E-state index < -0.39 is 11.9 Å². The summed E-state index contributed by atoms with van der Waals surface area (Å²) in [6, 6.07) is 5.46. The van der Waals surface area contributed by atoms with Crippen molar-refractivity contribution >= 4 is 11.9 Å². The summed E-state index contributed by atoms with van der Waals surface area (Å²) in [6.45, 7) is 1.80. The molecular weight excluding hydrogens is 222 g/mol. The number of hydrogen-bond donors (Lipinski definition) is 2. The van der Waals surface area contributed by atoms with Gasteiger partial charge in [-0.1, -0.05) is 6.07 Å². The third-order valence-electron chi connectivity index (χ3n) is 2.07. The number of nitrogens with zero attached hydrogens (tertiary/aromatic N) is 2. The van der Waals surface area contributed by atoms with Crippen LogP contribution in [0, 0.1) is 6.92 Å². The molecule has 1 rings (SSSR count). The zero-order chi connectivity index (χ0) is 12.8. The van der Waals surface area contributed by atoms with Gasteiger partial charge in [-0.3, -0.25) is 19.5 Å². The van der Waals surface area contributed by atoms with Gasteiger partial charge in [0.25, 0.3) is 0 Å². The molecule has 6 heteroatoms. The largest absolute Gasteiger partial charge is 0.480 e. The molecule has 0 aromatic carbocycles. The van der Waals surface area contributed by atoms with Crippen molar-refractivity contribution in [3.05, 3.63) is 29.6 Å². The van der Waals surface area contributed by atoms with Crippen molar-refractivity contribution in [3.63, 3.8) is 0 Å². The van der Waals surface area contributed by atoms with E-state index in [1.54, 1.807) is 6.07 Å². The summed E-state index contributed by atoms with van der Waals surface area (Å²) in [5.74, 6) is -1.56. The van der Waals surface area contributed by atoms with Gasteiger partial charge >= 0.3 is 5.97 Å². The lowest BCUT2D eigenvalue weighted by atomic mass is 10.3. The van der Waals surface area contributed by atoms with Crippen LogP contribution >= 0.6 is 0 Å². The van der Waals surface area contributed by atoms with E-state index >= 15 is 0 Å². The summed E-state index contributed by atoms with van der Waals surface area (Å²) in [4.78, 5) is 27.1. The Morgan fingerprint density at radius 1 is 1.41 bits per heavy atom. The minimum atomic E-state index is -1.00. The van der Waals surface area contributed by atoms with Gasteiger partial charge in [0, 0.05) is 12.2 Å². The first-order valence-corrected chi connectivity index (χ1v) is 5.12. The summed E-state index contributed by atoms with van der Waals surface area (Å²) >= 11 is 0. The van der Waals surface area contributed by atoms with E-state index in [9.17, 15) is 9.59 Å². The van der Waals surface area contributed by atoms with E-state index in [-0.39, 0.29) is 19.6 Å². The molecule has 0 aliphatic rings. The Morgan fingerprint density at radius 2 is 2.12 bits per heavy atom. The van der Waals surface area contributed by atoms with Gasteiger partial charge in [-0.05, 0) is 19.1 Å². The molecule has 6 nitrogen and oxygen atoms in total. The zero-order valence-electron chi connectivity index (χ0n) is 9.59. The van der Waals surface area contributed by atoms with Gasteiger partial charge in [0.2, 0.25) is 5.91 Å². The normalized spacial score (nSPS) is 10.5. The Hall–Kier alpha value is -1.95. The van der Waals surface area contributed by atoms with Crippen LogP contribution in [0.5, 0.6) is 0 Å². The highest BCUT2D eigenvalue weighted by Crippen LogP contribution is 2.03. The number of hydrogen-bond acceptors (Lipinski definition) is 4. The minimum Gasteiger partial charge on any atom is -0.480 e. The van der Waals surface area contributed by atoms with Gasteiger partial charge in [-0.15, -0.1) is 0 Å². The van der Waals surface area contributed by atoms with Crippen molar-refractivity contribution in [2.75, 3.05) is 13.1 Å². The van der Waals surface area contributed by atoms with Crippen LogP contribution in [0.25, 0.3) is 0 Å². The number of aromatic nitrogens is 1. The third kappa shape index (κ3) is 5.07. The lowest BCUT2D eigenvalue weighted by Crippen LogP contribution is -2.37. The van der Waals surface area contributed by atoms with Crippen molar-refractivity contribution in [2.24, 2.45) is 5.73 Å². The molecular formula is C11H15N3O3. The molecule has 0 saturated heterocycles. The van der Waals surface area contributed by atoms with Gasteiger partial charge in [-0.2, -0.15) is 0 Å². The van der Waals surface area contributed by atoms with Gasteiger partial charge in [0.05, 0.1) is 18.8 Å². The van der Waals surface area contributed by atoms with Crippen molar-refractivity contribution in [1.82, 2.24) is 9.88 Å². The quantitative estimate of drug-likeness (QED) is 0.712. The molecule has 0 atom stereocenters. The fourth-order valence-electron chi connectivity index (χ4n) is 1.50. The highest BCUT2D eigenvalue weighted by Gasteiger charge is 2.13. The molecule has 0 spiro atoms. The summed E-state index contributed by atoms with van der Waals surface area (Å²) in [6.07, 6.45) is 0. The molecule has 3 N–H and O–H groups in total. The molecule has 1 aromatic rings. The van der Waals surface area contributed by atoms with E-state index in [1.807, 2.05) is 19.1 Å². The number of carboxylic acids is 1. The smallest absolute Gasteiger partial charge is 0.317 e. The second-order valence-corrected chi connectivity index (χ2v) is 3.78. The summed E-state index contributed by atoms with van der Waals surface area (Å²) < 4.78 is 0. The first-order valence-electron chi connectivity index (χ1n) is 5.12. The molecule has 0 aliphatic carbocycles. The fraction of sp³-hybridized carbons (Fsp3) is 0.364. The van der Waals surface area contributed by atoms with Crippen molar-refractivity contribution < 1.29 is 14.7 Å². The highest BCUT2D eigenvalue weighted by atomic mass is 16.4. The maximum absolute atomic E-state index is 10.8. The number of carbonyl (C=O) groups is 2. The molecule has 0 saturated carbocycles. The molecule has 1 aromatic heterocycles. The van der Waals surface area contributed by atoms with Crippen LogP contribution in [0.3, 0.4) is 0 Å². The molecule has 0 bridgehead atoms. The summed E-state index contributed by atoms with van der Waals surface area (Å²) in [5, 5.41) is 8.72. The molecule has 1 heterocycles. The first-order chi connectivity index (χ1) is 7.97. The standard InChI is InChI=1S/C11H15N3O3/c1-8-3-2-4-9(13-8)5-14(6-10(12)15)7-11(16)17/h2-4H,5-7H2,1H3,(H2,12,15)(H,16,17). The minimum absolute atomic E-state index is 0.0953. The van der Waals surface area contributed by atoms with Gasteiger partial charge < -0.3 is 10.8 Å². The third-order valence-corrected chi connectivity index (χ3v) is 2.07. The highest BCUT2D eigenvalue weighted by molar-refractivity contribution is 5.77. The van der Waals surface area contributed by atoms with E-state index in [0.29, 0.717) is 5.69 Å². The lowest BCUT2D eigenvalue weighted by Gasteiger charge is -2.17. The maximum Gasteiger partial charge on any atom is 0.317 e. The molecule has 92 valence electrons. The molecule has 0 fully saturated rings. The average Bonchev–Trinajstić information content (AvgIpc) is 2.14. The number of pyridine rings is 1. The second-order valence-electron chi connectivity index (χ2n) is 3.78. The number of rotatable bonds is 6. The molecule has 17 heavy (non-hydrogen) atoms. The van der Waals surface area contributed by atoms with Crippen LogP contribution in [0.1, 0.15) is 11.4 Å². The predicted molar refractivity (Wildman–Crippen MR) is 61.1 cm³/mol. The van der Waals surface area contributed by atoms with E-state index in [1.165, 1.54) is 4.90 Å². The molecule has 1 amide bonds.